The number of nitrogens with zero attached hydrogens (tertiary/aromatic N) is 3. The smallest absolute Gasteiger partial charge is 0.263 e. The molecule has 2 heterocycles. The average molecular weight is 415 g/mol. The SMILES string of the molecule is Cc1cc(NC(=O)COc2cccc(C)c2C)n(-c2cc(C)c3cccc(C)c3n2)n1. The monoisotopic (exact) mass is 414 g/mol. The van der Waals surface area contributed by atoms with Crippen molar-refractivity contribution in [3.8, 4) is 11.6 Å². The molecule has 1 N–H and O–H groups in total. The number of carbonyl (C=O) groups excluding carboxylic acids is 1. The molecule has 0 saturated carbocycles. The van der Waals surface area contributed by atoms with E-state index in [0.717, 1.165) is 38.9 Å². The minimum atomic E-state index is -0.254. The van der Waals surface area contributed by atoms with Crippen LogP contribution in [0.25, 0.3) is 16.7 Å². The fraction of sp³-hybridized carbons (Fsp3) is 0.240. The molecule has 0 unspecified atom stereocenters. The molecule has 0 bridgehead atoms. The molecule has 0 aliphatic heterocycles. The molecule has 4 aromatic rings. The van der Waals surface area contributed by atoms with Gasteiger partial charge in [0, 0.05) is 11.5 Å². The van der Waals surface area contributed by atoms with Crippen LogP contribution in [0.4, 0.5) is 5.82 Å². The molecular formula is C25H26N4O2. The highest BCUT2D eigenvalue weighted by Crippen LogP contribution is 2.25. The Bertz CT molecular complexity index is 1290. The molecule has 0 saturated heterocycles. The summed E-state index contributed by atoms with van der Waals surface area (Å²) in [4.78, 5) is 17.4. The van der Waals surface area contributed by atoms with E-state index in [0.29, 0.717) is 17.4 Å². The zero-order chi connectivity index (χ0) is 22.1. The van der Waals surface area contributed by atoms with Crippen LogP contribution in [0.2, 0.25) is 0 Å². The highest BCUT2D eigenvalue weighted by atomic mass is 16.5. The Balaban J connectivity index is 1.59. The lowest BCUT2D eigenvalue weighted by Gasteiger charge is -2.13. The Morgan fingerprint density at radius 1 is 0.968 bits per heavy atom. The van der Waals surface area contributed by atoms with Crippen molar-refractivity contribution in [1.29, 1.82) is 0 Å². The van der Waals surface area contributed by atoms with Crippen LogP contribution < -0.4 is 10.1 Å². The van der Waals surface area contributed by atoms with Crippen molar-refractivity contribution in [3.05, 3.63) is 76.5 Å². The van der Waals surface area contributed by atoms with Gasteiger partial charge >= 0.3 is 0 Å². The number of hydrogen-bond acceptors (Lipinski definition) is 4. The second-order valence-corrected chi connectivity index (χ2v) is 7.89. The Morgan fingerprint density at radius 3 is 2.52 bits per heavy atom. The van der Waals surface area contributed by atoms with Gasteiger partial charge in [-0.2, -0.15) is 9.78 Å². The lowest BCUT2D eigenvalue weighted by atomic mass is 10.1. The number of carbonyl (C=O) groups is 1. The minimum Gasteiger partial charge on any atom is -0.483 e. The number of nitrogens with one attached hydrogen (secondary N) is 1. The molecule has 0 radical (unpaired) electrons. The van der Waals surface area contributed by atoms with Gasteiger partial charge in [0.15, 0.2) is 12.4 Å². The average Bonchev–Trinajstić information content (AvgIpc) is 3.09. The molecule has 0 fully saturated rings. The molecule has 0 aliphatic carbocycles. The van der Waals surface area contributed by atoms with E-state index < -0.39 is 0 Å². The number of anilines is 1. The standard InChI is InChI=1S/C25H26N4O2/c1-15-8-7-11-21(19(15)5)31-14-24(30)26-23-13-18(4)28-29(23)22-12-17(3)20-10-6-9-16(2)25(20)27-22/h6-13H,14H2,1-5H3,(H,26,30). The normalized spacial score (nSPS) is 11.0. The van der Waals surface area contributed by atoms with Crippen molar-refractivity contribution < 1.29 is 9.53 Å². The number of benzene rings is 2. The van der Waals surface area contributed by atoms with E-state index in [-0.39, 0.29) is 12.5 Å². The third-order valence-electron chi connectivity index (χ3n) is 5.46. The first kappa shape index (κ1) is 20.6. The third kappa shape index (κ3) is 4.14. The largest absolute Gasteiger partial charge is 0.483 e. The Kier molecular flexibility index (Phi) is 5.46. The van der Waals surface area contributed by atoms with Crippen molar-refractivity contribution in [2.24, 2.45) is 0 Å². The number of pyridine rings is 1. The molecule has 2 aromatic carbocycles. The fourth-order valence-corrected chi connectivity index (χ4v) is 3.62. The zero-order valence-corrected chi connectivity index (χ0v) is 18.5. The molecule has 4 rings (SSSR count). The minimum absolute atomic E-state index is 0.0855. The molecule has 1 amide bonds. The van der Waals surface area contributed by atoms with Crippen LogP contribution in [-0.4, -0.2) is 27.3 Å². The first-order valence-electron chi connectivity index (χ1n) is 10.3. The summed E-state index contributed by atoms with van der Waals surface area (Å²) < 4.78 is 7.41. The highest BCUT2D eigenvalue weighted by Gasteiger charge is 2.15. The van der Waals surface area contributed by atoms with Crippen molar-refractivity contribution in [1.82, 2.24) is 14.8 Å². The maximum atomic E-state index is 12.6. The number of para-hydroxylation sites is 1. The summed E-state index contributed by atoms with van der Waals surface area (Å²) in [5, 5.41) is 8.58. The van der Waals surface area contributed by atoms with Crippen molar-refractivity contribution >= 4 is 22.6 Å². The summed E-state index contributed by atoms with van der Waals surface area (Å²) in [5.74, 6) is 1.68. The second-order valence-electron chi connectivity index (χ2n) is 7.89. The van der Waals surface area contributed by atoms with Gasteiger partial charge < -0.3 is 10.1 Å². The fourth-order valence-electron chi connectivity index (χ4n) is 3.62. The molecular weight excluding hydrogens is 388 g/mol. The van der Waals surface area contributed by atoms with Gasteiger partial charge in [0.05, 0.1) is 11.2 Å². The highest BCUT2D eigenvalue weighted by molar-refractivity contribution is 5.91. The van der Waals surface area contributed by atoms with Crippen molar-refractivity contribution in [2.75, 3.05) is 11.9 Å². The summed E-state index contributed by atoms with van der Waals surface area (Å²) in [6.45, 7) is 9.90. The molecule has 0 aliphatic rings. The Labute approximate surface area is 181 Å². The summed E-state index contributed by atoms with van der Waals surface area (Å²) in [5.41, 5.74) is 6.07. The molecule has 6 nitrogen and oxygen atoms in total. The van der Waals surface area contributed by atoms with Gasteiger partial charge in [0.2, 0.25) is 0 Å². The van der Waals surface area contributed by atoms with Gasteiger partial charge in [-0.05, 0) is 69.0 Å². The summed E-state index contributed by atoms with van der Waals surface area (Å²) in [6.07, 6.45) is 0. The molecule has 0 spiro atoms. The molecule has 158 valence electrons. The molecule has 2 aromatic heterocycles. The number of rotatable bonds is 5. The number of aryl methyl sites for hydroxylation is 4. The first-order chi connectivity index (χ1) is 14.8. The van der Waals surface area contributed by atoms with Gasteiger partial charge in [-0.15, -0.1) is 0 Å². The van der Waals surface area contributed by atoms with E-state index in [9.17, 15) is 4.79 Å². The van der Waals surface area contributed by atoms with Gasteiger partial charge in [-0.1, -0.05) is 30.3 Å². The van der Waals surface area contributed by atoms with E-state index in [4.69, 9.17) is 9.72 Å². The van der Waals surface area contributed by atoms with E-state index >= 15 is 0 Å². The lowest BCUT2D eigenvalue weighted by molar-refractivity contribution is -0.118. The van der Waals surface area contributed by atoms with Crippen LogP contribution in [0.15, 0.2) is 48.5 Å². The summed E-state index contributed by atoms with van der Waals surface area (Å²) in [6, 6.07) is 15.8. The van der Waals surface area contributed by atoms with Gasteiger partial charge in [0.25, 0.3) is 5.91 Å². The maximum Gasteiger partial charge on any atom is 0.263 e. The van der Waals surface area contributed by atoms with E-state index in [1.54, 1.807) is 4.68 Å². The van der Waals surface area contributed by atoms with E-state index in [2.05, 4.69) is 23.4 Å². The number of ether oxygens (including phenoxy) is 1. The predicted molar refractivity (Wildman–Crippen MR) is 123 cm³/mol. The van der Waals surface area contributed by atoms with Crippen LogP contribution in [-0.2, 0) is 4.79 Å². The number of fused-ring (bicyclic) bond motifs is 1. The van der Waals surface area contributed by atoms with Gasteiger partial charge in [-0.25, -0.2) is 4.98 Å². The number of aromatic nitrogens is 3. The first-order valence-corrected chi connectivity index (χ1v) is 10.3. The van der Waals surface area contributed by atoms with Crippen LogP contribution >= 0.6 is 0 Å². The van der Waals surface area contributed by atoms with Crippen LogP contribution in [0.1, 0.15) is 27.9 Å². The van der Waals surface area contributed by atoms with Crippen LogP contribution in [0, 0.1) is 34.6 Å². The van der Waals surface area contributed by atoms with Crippen LogP contribution in [0.5, 0.6) is 5.75 Å². The molecule has 0 atom stereocenters. The Morgan fingerprint density at radius 2 is 1.71 bits per heavy atom. The van der Waals surface area contributed by atoms with Crippen LogP contribution in [0.3, 0.4) is 0 Å². The zero-order valence-electron chi connectivity index (χ0n) is 18.5. The predicted octanol–water partition coefficient (Wildman–Crippen LogP) is 4.98. The van der Waals surface area contributed by atoms with Gasteiger partial charge in [0.1, 0.15) is 11.6 Å². The number of hydrogen-bond donors (Lipinski definition) is 1. The lowest BCUT2D eigenvalue weighted by Crippen LogP contribution is -2.22. The van der Waals surface area contributed by atoms with E-state index in [1.807, 2.05) is 70.2 Å². The quantitative estimate of drug-likeness (QED) is 0.500. The summed E-state index contributed by atoms with van der Waals surface area (Å²) in [7, 11) is 0. The molecule has 6 heteroatoms. The summed E-state index contributed by atoms with van der Waals surface area (Å²) >= 11 is 0. The molecule has 31 heavy (non-hydrogen) atoms. The maximum absolute atomic E-state index is 12.6. The number of amides is 1. The van der Waals surface area contributed by atoms with Gasteiger partial charge in [-0.3, -0.25) is 4.79 Å². The van der Waals surface area contributed by atoms with E-state index in [1.165, 1.54) is 0 Å². The van der Waals surface area contributed by atoms with Crippen molar-refractivity contribution in [2.45, 2.75) is 34.6 Å². The third-order valence-corrected chi connectivity index (χ3v) is 5.46. The van der Waals surface area contributed by atoms with Crippen molar-refractivity contribution in [3.63, 3.8) is 0 Å². The second kappa shape index (κ2) is 8.22. The topological polar surface area (TPSA) is 69.0 Å². The Hall–Kier alpha value is -3.67.